The van der Waals surface area contributed by atoms with Gasteiger partial charge in [0, 0.05) is 42.1 Å². The Morgan fingerprint density at radius 3 is 2.38 bits per heavy atom. The van der Waals surface area contributed by atoms with Crippen LogP contribution in [0.25, 0.3) is 0 Å². The molecule has 5 heteroatoms. The second-order valence-corrected chi connectivity index (χ2v) is 8.48. The van der Waals surface area contributed by atoms with E-state index in [9.17, 15) is 4.79 Å². The SMILES string of the molecule is CC(C)COc1ccc(C(=O)Nc2ccc(N3CCC(NC(C)C)C3)cc2)cc1. The Balaban J connectivity index is 1.53. The molecule has 156 valence electrons. The van der Waals surface area contributed by atoms with Crippen molar-refractivity contribution in [2.45, 2.75) is 46.2 Å². The molecule has 1 aliphatic heterocycles. The highest BCUT2D eigenvalue weighted by Gasteiger charge is 2.22. The van der Waals surface area contributed by atoms with Crippen LogP contribution >= 0.6 is 0 Å². The zero-order chi connectivity index (χ0) is 20.8. The number of carbonyl (C=O) groups is 1. The summed E-state index contributed by atoms with van der Waals surface area (Å²) >= 11 is 0. The van der Waals surface area contributed by atoms with Crippen molar-refractivity contribution in [1.29, 1.82) is 0 Å². The van der Waals surface area contributed by atoms with Crippen LogP contribution in [0.4, 0.5) is 11.4 Å². The van der Waals surface area contributed by atoms with Gasteiger partial charge in [0.15, 0.2) is 0 Å². The summed E-state index contributed by atoms with van der Waals surface area (Å²) < 4.78 is 5.67. The third-order valence-electron chi connectivity index (χ3n) is 4.95. The molecule has 0 spiro atoms. The molecule has 1 aliphatic rings. The van der Waals surface area contributed by atoms with E-state index in [2.05, 4.69) is 55.4 Å². The number of amides is 1. The van der Waals surface area contributed by atoms with Gasteiger partial charge in [0.2, 0.25) is 0 Å². The van der Waals surface area contributed by atoms with Gasteiger partial charge in [-0.1, -0.05) is 27.7 Å². The van der Waals surface area contributed by atoms with Crippen LogP contribution in [0.5, 0.6) is 5.75 Å². The summed E-state index contributed by atoms with van der Waals surface area (Å²) in [5.74, 6) is 1.14. The molecule has 1 amide bonds. The second-order valence-electron chi connectivity index (χ2n) is 8.48. The molecule has 1 saturated heterocycles. The van der Waals surface area contributed by atoms with Crippen molar-refractivity contribution in [2.75, 3.05) is 29.9 Å². The third-order valence-corrected chi connectivity index (χ3v) is 4.95. The molecule has 5 nitrogen and oxygen atoms in total. The highest BCUT2D eigenvalue weighted by Crippen LogP contribution is 2.23. The molecule has 0 radical (unpaired) electrons. The third kappa shape index (κ3) is 6.23. The topological polar surface area (TPSA) is 53.6 Å². The summed E-state index contributed by atoms with van der Waals surface area (Å²) in [4.78, 5) is 14.9. The van der Waals surface area contributed by atoms with Crippen LogP contribution in [0, 0.1) is 5.92 Å². The number of nitrogens with one attached hydrogen (secondary N) is 2. The monoisotopic (exact) mass is 395 g/mol. The van der Waals surface area contributed by atoms with Crippen molar-refractivity contribution in [2.24, 2.45) is 5.92 Å². The van der Waals surface area contributed by atoms with Crippen molar-refractivity contribution >= 4 is 17.3 Å². The maximum Gasteiger partial charge on any atom is 0.255 e. The van der Waals surface area contributed by atoms with Crippen LogP contribution in [-0.2, 0) is 0 Å². The summed E-state index contributed by atoms with van der Waals surface area (Å²) in [7, 11) is 0. The van der Waals surface area contributed by atoms with E-state index < -0.39 is 0 Å². The van der Waals surface area contributed by atoms with E-state index in [4.69, 9.17) is 4.74 Å². The Labute approximate surface area is 174 Å². The van der Waals surface area contributed by atoms with Gasteiger partial charge >= 0.3 is 0 Å². The van der Waals surface area contributed by atoms with Gasteiger partial charge in [-0.25, -0.2) is 0 Å². The largest absolute Gasteiger partial charge is 0.493 e. The number of carbonyl (C=O) groups excluding carboxylic acids is 1. The molecule has 0 aliphatic carbocycles. The molecule has 2 aromatic carbocycles. The normalized spacial score (nSPS) is 16.5. The minimum atomic E-state index is -0.115. The molecule has 1 heterocycles. The fourth-order valence-electron chi connectivity index (χ4n) is 3.53. The maximum atomic E-state index is 12.5. The summed E-state index contributed by atoms with van der Waals surface area (Å²) in [6, 6.07) is 16.4. The Hall–Kier alpha value is -2.53. The smallest absolute Gasteiger partial charge is 0.255 e. The summed E-state index contributed by atoms with van der Waals surface area (Å²) in [5, 5.41) is 6.58. The van der Waals surface area contributed by atoms with Crippen LogP contribution in [0.1, 0.15) is 44.5 Å². The quantitative estimate of drug-likeness (QED) is 0.688. The number of hydrogen-bond donors (Lipinski definition) is 2. The number of anilines is 2. The maximum absolute atomic E-state index is 12.5. The predicted octanol–water partition coefficient (Wildman–Crippen LogP) is 4.55. The second kappa shape index (κ2) is 9.79. The first kappa shape index (κ1) is 21.2. The van der Waals surface area contributed by atoms with Crippen molar-refractivity contribution in [3.05, 3.63) is 54.1 Å². The number of nitrogens with zero attached hydrogens (tertiary/aromatic N) is 1. The first-order valence-electron chi connectivity index (χ1n) is 10.6. The highest BCUT2D eigenvalue weighted by atomic mass is 16.5. The van der Waals surface area contributed by atoms with Crippen LogP contribution in [0.15, 0.2) is 48.5 Å². The molecule has 2 aromatic rings. The van der Waals surface area contributed by atoms with E-state index in [1.54, 1.807) is 12.1 Å². The molecule has 29 heavy (non-hydrogen) atoms. The van der Waals surface area contributed by atoms with E-state index in [1.165, 1.54) is 5.69 Å². The van der Waals surface area contributed by atoms with Crippen molar-refractivity contribution < 1.29 is 9.53 Å². The lowest BCUT2D eigenvalue weighted by Gasteiger charge is -2.20. The lowest BCUT2D eigenvalue weighted by molar-refractivity contribution is 0.102. The van der Waals surface area contributed by atoms with E-state index in [1.807, 2.05) is 24.3 Å². The van der Waals surface area contributed by atoms with Crippen LogP contribution in [-0.4, -0.2) is 37.7 Å². The summed E-state index contributed by atoms with van der Waals surface area (Å²) in [6.45, 7) is 11.3. The van der Waals surface area contributed by atoms with E-state index >= 15 is 0 Å². The molecule has 2 N–H and O–H groups in total. The van der Waals surface area contributed by atoms with Crippen LogP contribution in [0.3, 0.4) is 0 Å². The fourth-order valence-corrected chi connectivity index (χ4v) is 3.53. The van der Waals surface area contributed by atoms with Crippen molar-refractivity contribution in [3.8, 4) is 5.75 Å². The number of rotatable bonds is 8. The van der Waals surface area contributed by atoms with Crippen molar-refractivity contribution in [1.82, 2.24) is 5.32 Å². The molecular weight excluding hydrogens is 362 g/mol. The molecule has 0 bridgehead atoms. The average Bonchev–Trinajstić information content (AvgIpc) is 3.15. The Morgan fingerprint density at radius 2 is 1.76 bits per heavy atom. The van der Waals surface area contributed by atoms with Gasteiger partial charge < -0.3 is 20.3 Å². The Kier molecular flexibility index (Phi) is 7.15. The Morgan fingerprint density at radius 1 is 1.07 bits per heavy atom. The lowest BCUT2D eigenvalue weighted by atomic mass is 10.2. The molecular formula is C24H33N3O2. The number of ether oxygens (including phenoxy) is 1. The van der Waals surface area contributed by atoms with E-state index in [-0.39, 0.29) is 5.91 Å². The zero-order valence-corrected chi connectivity index (χ0v) is 17.9. The van der Waals surface area contributed by atoms with Gasteiger partial charge in [-0.2, -0.15) is 0 Å². The van der Waals surface area contributed by atoms with Gasteiger partial charge in [-0.05, 0) is 60.9 Å². The van der Waals surface area contributed by atoms with Gasteiger partial charge in [0.05, 0.1) is 6.61 Å². The Bertz CT molecular complexity index is 785. The lowest BCUT2D eigenvalue weighted by Crippen LogP contribution is -2.36. The first-order chi connectivity index (χ1) is 13.9. The average molecular weight is 396 g/mol. The molecule has 0 aromatic heterocycles. The van der Waals surface area contributed by atoms with Crippen LogP contribution < -0.4 is 20.3 Å². The molecule has 3 rings (SSSR count). The van der Waals surface area contributed by atoms with Gasteiger partial charge in [-0.15, -0.1) is 0 Å². The molecule has 1 unspecified atom stereocenters. The fraction of sp³-hybridized carbons (Fsp3) is 0.458. The molecule has 0 saturated carbocycles. The van der Waals surface area contributed by atoms with Gasteiger partial charge in [0.25, 0.3) is 5.91 Å². The summed E-state index contributed by atoms with van der Waals surface area (Å²) in [6.07, 6.45) is 1.16. The van der Waals surface area contributed by atoms with Gasteiger partial charge in [0.1, 0.15) is 5.75 Å². The molecule has 1 fully saturated rings. The van der Waals surface area contributed by atoms with E-state index in [0.717, 1.165) is 30.9 Å². The van der Waals surface area contributed by atoms with Crippen LogP contribution in [0.2, 0.25) is 0 Å². The molecule has 1 atom stereocenters. The minimum Gasteiger partial charge on any atom is -0.493 e. The number of benzene rings is 2. The predicted molar refractivity (Wildman–Crippen MR) is 120 cm³/mol. The highest BCUT2D eigenvalue weighted by molar-refractivity contribution is 6.04. The first-order valence-corrected chi connectivity index (χ1v) is 10.6. The van der Waals surface area contributed by atoms with E-state index in [0.29, 0.717) is 30.2 Å². The standard InChI is InChI=1S/C24H33N3O2/c1-17(2)16-29-23-11-5-19(6-12-23)24(28)26-20-7-9-22(10-8-20)27-14-13-21(15-27)25-18(3)4/h5-12,17-18,21,25H,13-16H2,1-4H3,(H,26,28). The summed E-state index contributed by atoms with van der Waals surface area (Å²) in [5.41, 5.74) is 2.62. The zero-order valence-electron chi connectivity index (χ0n) is 17.9. The minimum absolute atomic E-state index is 0.115. The van der Waals surface area contributed by atoms with Crippen molar-refractivity contribution in [3.63, 3.8) is 0 Å². The van der Waals surface area contributed by atoms with Gasteiger partial charge in [-0.3, -0.25) is 4.79 Å². The number of hydrogen-bond acceptors (Lipinski definition) is 4.